The molecule has 0 heterocycles. The Morgan fingerprint density at radius 2 is 2.07 bits per heavy atom. The fourth-order valence-electron chi connectivity index (χ4n) is 1.91. The summed E-state index contributed by atoms with van der Waals surface area (Å²) in [6.45, 7) is 4.14. The van der Waals surface area contributed by atoms with E-state index in [1.165, 1.54) is 12.8 Å². The molecular formula is C12H16FN. The molecule has 0 aromatic heterocycles. The third-order valence-electron chi connectivity index (χ3n) is 3.01. The van der Waals surface area contributed by atoms with Crippen molar-refractivity contribution in [3.63, 3.8) is 0 Å². The predicted octanol–water partition coefficient (Wildman–Crippen LogP) is 3.34. The zero-order chi connectivity index (χ0) is 10.1. The van der Waals surface area contributed by atoms with Crippen molar-refractivity contribution in [2.24, 2.45) is 5.92 Å². The van der Waals surface area contributed by atoms with Crippen molar-refractivity contribution >= 4 is 5.69 Å². The minimum absolute atomic E-state index is 0.153. The number of hydrogen-bond acceptors (Lipinski definition) is 1. The van der Waals surface area contributed by atoms with Gasteiger partial charge in [-0.05, 0) is 49.4 Å². The number of anilines is 1. The van der Waals surface area contributed by atoms with Crippen LogP contribution in [0.4, 0.5) is 10.1 Å². The van der Waals surface area contributed by atoms with Crippen molar-refractivity contribution in [3.05, 3.63) is 29.6 Å². The minimum Gasteiger partial charge on any atom is -0.382 e. The lowest BCUT2D eigenvalue weighted by Gasteiger charge is -2.35. The molecule has 0 radical (unpaired) electrons. The van der Waals surface area contributed by atoms with Crippen LogP contribution in [0.3, 0.4) is 0 Å². The summed E-state index contributed by atoms with van der Waals surface area (Å²) in [6.07, 6.45) is 2.49. The molecule has 2 heteroatoms. The van der Waals surface area contributed by atoms with Crippen molar-refractivity contribution in [2.45, 2.75) is 32.7 Å². The van der Waals surface area contributed by atoms with E-state index in [0.29, 0.717) is 6.04 Å². The van der Waals surface area contributed by atoms with Gasteiger partial charge in [0.15, 0.2) is 0 Å². The van der Waals surface area contributed by atoms with Gasteiger partial charge >= 0.3 is 0 Å². The predicted molar refractivity (Wildman–Crippen MR) is 56.9 cm³/mol. The first kappa shape index (κ1) is 9.50. The molecule has 1 aromatic carbocycles. The molecule has 1 saturated carbocycles. The summed E-state index contributed by atoms with van der Waals surface area (Å²) in [4.78, 5) is 0. The van der Waals surface area contributed by atoms with Gasteiger partial charge in [-0.25, -0.2) is 4.39 Å². The first-order valence-corrected chi connectivity index (χ1v) is 5.19. The molecule has 2 rings (SSSR count). The first-order chi connectivity index (χ1) is 6.65. The molecule has 0 aliphatic heterocycles. The van der Waals surface area contributed by atoms with Crippen LogP contribution in [0.15, 0.2) is 18.2 Å². The van der Waals surface area contributed by atoms with Crippen LogP contribution in [0.25, 0.3) is 0 Å². The zero-order valence-electron chi connectivity index (χ0n) is 8.68. The van der Waals surface area contributed by atoms with Crippen molar-refractivity contribution < 1.29 is 4.39 Å². The van der Waals surface area contributed by atoms with E-state index in [1.54, 1.807) is 12.1 Å². The lowest BCUT2D eigenvalue weighted by molar-refractivity contribution is 0.303. The van der Waals surface area contributed by atoms with Gasteiger partial charge in [-0.15, -0.1) is 0 Å². The van der Waals surface area contributed by atoms with E-state index in [2.05, 4.69) is 12.2 Å². The summed E-state index contributed by atoms with van der Waals surface area (Å²) in [6, 6.07) is 5.65. The van der Waals surface area contributed by atoms with Crippen LogP contribution in [-0.4, -0.2) is 6.04 Å². The largest absolute Gasteiger partial charge is 0.382 e. The van der Waals surface area contributed by atoms with Gasteiger partial charge in [0.1, 0.15) is 5.82 Å². The van der Waals surface area contributed by atoms with E-state index in [0.717, 1.165) is 17.2 Å². The lowest BCUT2D eigenvalue weighted by Crippen LogP contribution is -2.36. The highest BCUT2D eigenvalue weighted by Gasteiger charge is 2.26. The van der Waals surface area contributed by atoms with E-state index in [4.69, 9.17) is 0 Å². The van der Waals surface area contributed by atoms with E-state index < -0.39 is 0 Å². The van der Waals surface area contributed by atoms with Crippen molar-refractivity contribution in [2.75, 3.05) is 5.32 Å². The Hall–Kier alpha value is -1.05. The second kappa shape index (κ2) is 3.60. The standard InChI is InChI=1S/C12H16FN/c1-8-5-10(13)7-11(6-8)14-12-4-3-9(12)2/h5-7,9,12,14H,3-4H2,1-2H3. The van der Waals surface area contributed by atoms with Gasteiger partial charge in [-0.1, -0.05) is 6.92 Å². The van der Waals surface area contributed by atoms with Crippen molar-refractivity contribution in [1.29, 1.82) is 0 Å². The molecule has 0 spiro atoms. The van der Waals surface area contributed by atoms with E-state index in [9.17, 15) is 4.39 Å². The Morgan fingerprint density at radius 1 is 1.29 bits per heavy atom. The molecule has 0 saturated heterocycles. The van der Waals surface area contributed by atoms with Crippen LogP contribution in [0.2, 0.25) is 0 Å². The van der Waals surface area contributed by atoms with Gasteiger partial charge in [-0.3, -0.25) is 0 Å². The number of halogens is 1. The smallest absolute Gasteiger partial charge is 0.125 e. The Kier molecular flexibility index (Phi) is 2.44. The molecule has 1 nitrogen and oxygen atoms in total. The van der Waals surface area contributed by atoms with Crippen LogP contribution < -0.4 is 5.32 Å². The molecule has 1 aromatic rings. The molecule has 1 aliphatic carbocycles. The summed E-state index contributed by atoms with van der Waals surface area (Å²) in [5, 5.41) is 3.37. The highest BCUT2D eigenvalue weighted by Crippen LogP contribution is 2.30. The molecule has 2 unspecified atom stereocenters. The normalized spacial score (nSPS) is 25.6. The van der Waals surface area contributed by atoms with Gasteiger partial charge in [-0.2, -0.15) is 0 Å². The molecule has 0 amide bonds. The average molecular weight is 193 g/mol. The van der Waals surface area contributed by atoms with Crippen LogP contribution in [0.5, 0.6) is 0 Å². The van der Waals surface area contributed by atoms with E-state index in [1.807, 2.05) is 13.0 Å². The van der Waals surface area contributed by atoms with Crippen LogP contribution >= 0.6 is 0 Å². The van der Waals surface area contributed by atoms with Crippen molar-refractivity contribution in [1.82, 2.24) is 0 Å². The minimum atomic E-state index is -0.153. The third-order valence-corrected chi connectivity index (χ3v) is 3.01. The van der Waals surface area contributed by atoms with Gasteiger partial charge in [0.05, 0.1) is 0 Å². The topological polar surface area (TPSA) is 12.0 Å². The molecule has 1 aliphatic rings. The van der Waals surface area contributed by atoms with Crippen LogP contribution in [-0.2, 0) is 0 Å². The molecule has 76 valence electrons. The number of benzene rings is 1. The van der Waals surface area contributed by atoms with Crippen LogP contribution in [0, 0.1) is 18.7 Å². The number of rotatable bonds is 2. The fraction of sp³-hybridized carbons (Fsp3) is 0.500. The Balaban J connectivity index is 2.08. The van der Waals surface area contributed by atoms with Crippen molar-refractivity contribution in [3.8, 4) is 0 Å². The zero-order valence-corrected chi connectivity index (χ0v) is 8.68. The molecule has 1 N–H and O–H groups in total. The second-order valence-corrected chi connectivity index (χ2v) is 4.32. The van der Waals surface area contributed by atoms with Gasteiger partial charge in [0.2, 0.25) is 0 Å². The fourth-order valence-corrected chi connectivity index (χ4v) is 1.91. The lowest BCUT2D eigenvalue weighted by atomic mass is 9.81. The number of hydrogen-bond donors (Lipinski definition) is 1. The maximum Gasteiger partial charge on any atom is 0.125 e. The quantitative estimate of drug-likeness (QED) is 0.759. The maximum atomic E-state index is 13.1. The summed E-state index contributed by atoms with van der Waals surface area (Å²) in [5.41, 5.74) is 1.89. The Bertz CT molecular complexity index is 315. The van der Waals surface area contributed by atoms with E-state index >= 15 is 0 Å². The number of nitrogens with one attached hydrogen (secondary N) is 1. The molecule has 0 bridgehead atoms. The molecule has 2 atom stereocenters. The monoisotopic (exact) mass is 193 g/mol. The molecule has 14 heavy (non-hydrogen) atoms. The van der Waals surface area contributed by atoms with Crippen LogP contribution in [0.1, 0.15) is 25.3 Å². The third kappa shape index (κ3) is 1.89. The van der Waals surface area contributed by atoms with Gasteiger partial charge in [0, 0.05) is 11.7 Å². The summed E-state index contributed by atoms with van der Waals surface area (Å²) in [7, 11) is 0. The highest BCUT2D eigenvalue weighted by molar-refractivity contribution is 5.47. The first-order valence-electron chi connectivity index (χ1n) is 5.19. The highest BCUT2D eigenvalue weighted by atomic mass is 19.1. The number of aryl methyl sites for hydroxylation is 1. The molecular weight excluding hydrogens is 177 g/mol. The van der Waals surface area contributed by atoms with Gasteiger partial charge < -0.3 is 5.32 Å². The Morgan fingerprint density at radius 3 is 2.57 bits per heavy atom. The average Bonchev–Trinajstić information content (AvgIpc) is 2.10. The summed E-state index contributed by atoms with van der Waals surface area (Å²) in [5.74, 6) is 0.568. The molecule has 1 fully saturated rings. The second-order valence-electron chi connectivity index (χ2n) is 4.32. The van der Waals surface area contributed by atoms with Gasteiger partial charge in [0.25, 0.3) is 0 Å². The van der Waals surface area contributed by atoms with E-state index in [-0.39, 0.29) is 5.82 Å². The summed E-state index contributed by atoms with van der Waals surface area (Å²) >= 11 is 0. The SMILES string of the molecule is Cc1cc(F)cc(NC2CCC2C)c1. The summed E-state index contributed by atoms with van der Waals surface area (Å²) < 4.78 is 13.1. The Labute approximate surface area is 84.3 Å². The maximum absolute atomic E-state index is 13.1.